The van der Waals surface area contributed by atoms with Gasteiger partial charge < -0.3 is 15.0 Å². The van der Waals surface area contributed by atoms with Gasteiger partial charge in [-0.25, -0.2) is 4.98 Å². The Labute approximate surface area is 167 Å². The van der Waals surface area contributed by atoms with Gasteiger partial charge in [0.05, 0.1) is 35.1 Å². The fourth-order valence-corrected chi connectivity index (χ4v) is 2.70. The van der Waals surface area contributed by atoms with E-state index >= 15 is 0 Å². The Bertz CT molecular complexity index is 995. The average Bonchev–Trinajstić information content (AvgIpc) is 3.05. The first-order valence-corrected chi connectivity index (χ1v) is 8.96. The van der Waals surface area contributed by atoms with Crippen LogP contribution in [0.15, 0.2) is 30.5 Å². The van der Waals surface area contributed by atoms with Gasteiger partial charge in [-0.05, 0) is 32.3 Å². The van der Waals surface area contributed by atoms with Crippen molar-refractivity contribution in [2.45, 2.75) is 6.61 Å². The predicted octanol–water partition coefficient (Wildman–Crippen LogP) is 3.73. The van der Waals surface area contributed by atoms with Gasteiger partial charge in [-0.3, -0.25) is 0 Å². The van der Waals surface area contributed by atoms with Crippen LogP contribution in [0.25, 0.3) is 5.65 Å². The molecule has 7 nitrogen and oxygen atoms in total. The minimum atomic E-state index is 0.330. The fraction of sp³-hybridized carbons (Fsp3) is 0.278. The van der Waals surface area contributed by atoms with E-state index < -0.39 is 0 Å². The van der Waals surface area contributed by atoms with Crippen LogP contribution in [-0.4, -0.2) is 46.7 Å². The molecule has 3 rings (SSSR count). The summed E-state index contributed by atoms with van der Waals surface area (Å²) in [5.74, 6) is 0.645. The van der Waals surface area contributed by atoms with Gasteiger partial charge >= 0.3 is 0 Å². The Balaban J connectivity index is 1.91. The SMILES string of the molecule is CN(C)CCOCc1cc(Nc2ccc(Cl)c(Cl)c2)n2ncc(C#N)c2n1. The molecule has 0 aliphatic heterocycles. The van der Waals surface area contributed by atoms with Gasteiger partial charge in [0.25, 0.3) is 0 Å². The van der Waals surface area contributed by atoms with Crippen molar-refractivity contribution in [3.63, 3.8) is 0 Å². The second-order valence-corrected chi connectivity index (χ2v) is 6.96. The number of nitriles is 1. The minimum Gasteiger partial charge on any atom is -0.374 e. The maximum Gasteiger partial charge on any atom is 0.175 e. The van der Waals surface area contributed by atoms with Crippen molar-refractivity contribution < 1.29 is 4.74 Å². The highest BCUT2D eigenvalue weighted by Gasteiger charge is 2.12. The van der Waals surface area contributed by atoms with Crippen LogP contribution in [0.1, 0.15) is 11.3 Å². The lowest BCUT2D eigenvalue weighted by Gasteiger charge is -2.12. The van der Waals surface area contributed by atoms with Crippen LogP contribution in [0.4, 0.5) is 11.5 Å². The van der Waals surface area contributed by atoms with Crippen molar-refractivity contribution in [1.29, 1.82) is 5.26 Å². The summed E-state index contributed by atoms with van der Waals surface area (Å²) in [4.78, 5) is 6.55. The third-order valence-corrected chi connectivity index (χ3v) is 4.51. The van der Waals surface area contributed by atoms with E-state index in [1.54, 1.807) is 16.6 Å². The molecule has 140 valence electrons. The highest BCUT2D eigenvalue weighted by Crippen LogP contribution is 2.27. The van der Waals surface area contributed by atoms with Crippen LogP contribution in [0.2, 0.25) is 10.0 Å². The standard InChI is InChI=1S/C18H18Cl2N6O/c1-25(2)5-6-27-11-14-8-17(23-13-3-4-15(19)16(20)7-13)26-18(24-14)12(9-21)10-22-26/h3-4,7-8,10,23H,5-6,11H2,1-2H3. The van der Waals surface area contributed by atoms with Gasteiger partial charge in [-0.15, -0.1) is 0 Å². The number of anilines is 2. The Morgan fingerprint density at radius 3 is 2.78 bits per heavy atom. The summed E-state index contributed by atoms with van der Waals surface area (Å²) in [6.07, 6.45) is 1.49. The third-order valence-electron chi connectivity index (χ3n) is 3.77. The summed E-state index contributed by atoms with van der Waals surface area (Å²) in [5, 5.41) is 17.7. The maximum atomic E-state index is 9.31. The normalized spacial score (nSPS) is 11.1. The Hall–Kier alpha value is -2.37. The minimum absolute atomic E-state index is 0.330. The molecule has 0 saturated heterocycles. The summed E-state index contributed by atoms with van der Waals surface area (Å²) in [5.41, 5.74) is 2.29. The zero-order chi connectivity index (χ0) is 19.4. The van der Waals surface area contributed by atoms with Gasteiger partial charge in [-0.2, -0.15) is 14.9 Å². The first-order valence-electron chi connectivity index (χ1n) is 8.20. The van der Waals surface area contributed by atoms with Crippen LogP contribution < -0.4 is 5.32 Å². The van der Waals surface area contributed by atoms with E-state index in [4.69, 9.17) is 27.9 Å². The second-order valence-electron chi connectivity index (χ2n) is 6.15. The average molecular weight is 405 g/mol. The van der Waals surface area contributed by atoms with Gasteiger partial charge in [0, 0.05) is 18.3 Å². The Kier molecular flexibility index (Phi) is 6.14. The number of ether oxygens (including phenoxy) is 1. The topological polar surface area (TPSA) is 78.5 Å². The number of halogens is 2. The van der Waals surface area contributed by atoms with E-state index in [9.17, 15) is 5.26 Å². The number of benzene rings is 1. The molecule has 0 radical (unpaired) electrons. The molecule has 0 unspecified atom stereocenters. The Morgan fingerprint density at radius 2 is 2.07 bits per heavy atom. The largest absolute Gasteiger partial charge is 0.374 e. The molecule has 0 saturated carbocycles. The smallest absolute Gasteiger partial charge is 0.175 e. The maximum absolute atomic E-state index is 9.31. The van der Waals surface area contributed by atoms with Crippen molar-refractivity contribution in [2.24, 2.45) is 0 Å². The molecule has 0 atom stereocenters. The van der Waals surface area contributed by atoms with Gasteiger partial charge in [-0.1, -0.05) is 23.2 Å². The zero-order valence-electron chi connectivity index (χ0n) is 14.9. The van der Waals surface area contributed by atoms with Gasteiger partial charge in [0.1, 0.15) is 17.5 Å². The van der Waals surface area contributed by atoms with Crippen LogP contribution in [0.3, 0.4) is 0 Å². The van der Waals surface area contributed by atoms with E-state index in [-0.39, 0.29) is 0 Å². The molecule has 27 heavy (non-hydrogen) atoms. The summed E-state index contributed by atoms with van der Waals surface area (Å²) in [6.45, 7) is 1.73. The lowest BCUT2D eigenvalue weighted by atomic mass is 10.3. The summed E-state index contributed by atoms with van der Waals surface area (Å²) in [6, 6.07) is 9.18. The molecule has 3 aromatic rings. The number of fused-ring (bicyclic) bond motifs is 1. The quantitative estimate of drug-likeness (QED) is 0.604. The number of likely N-dealkylation sites (N-methyl/N-ethyl adjacent to an activating group) is 1. The van der Waals surface area contributed by atoms with Gasteiger partial charge in [0.15, 0.2) is 5.65 Å². The van der Waals surface area contributed by atoms with Crippen molar-refractivity contribution in [3.8, 4) is 6.07 Å². The Morgan fingerprint density at radius 1 is 1.26 bits per heavy atom. The molecule has 0 spiro atoms. The summed E-state index contributed by atoms with van der Waals surface area (Å²) < 4.78 is 7.26. The van der Waals surface area contributed by atoms with E-state index in [2.05, 4.69) is 21.5 Å². The molecule has 2 aromatic heterocycles. The fourth-order valence-electron chi connectivity index (χ4n) is 2.40. The summed E-state index contributed by atoms with van der Waals surface area (Å²) >= 11 is 12.1. The second kappa shape index (κ2) is 8.55. The first-order chi connectivity index (χ1) is 13.0. The van der Waals surface area contributed by atoms with Gasteiger partial charge in [0.2, 0.25) is 0 Å². The van der Waals surface area contributed by atoms with E-state index in [0.29, 0.717) is 46.0 Å². The van der Waals surface area contributed by atoms with Crippen LogP contribution in [0.5, 0.6) is 0 Å². The number of aromatic nitrogens is 3. The molecule has 0 fully saturated rings. The van der Waals surface area contributed by atoms with Crippen molar-refractivity contribution in [2.75, 3.05) is 32.6 Å². The lowest BCUT2D eigenvalue weighted by Crippen LogP contribution is -2.18. The van der Waals surface area contributed by atoms with Crippen molar-refractivity contribution >= 4 is 40.4 Å². The van der Waals surface area contributed by atoms with E-state index in [1.165, 1.54) is 6.20 Å². The number of rotatable bonds is 7. The lowest BCUT2D eigenvalue weighted by molar-refractivity contribution is 0.103. The molecule has 9 heteroatoms. The zero-order valence-corrected chi connectivity index (χ0v) is 16.4. The van der Waals surface area contributed by atoms with Crippen LogP contribution >= 0.6 is 23.2 Å². The first kappa shape index (κ1) is 19.4. The van der Waals surface area contributed by atoms with Crippen LogP contribution in [-0.2, 0) is 11.3 Å². The molecule has 0 amide bonds. The molecule has 0 bridgehead atoms. The molecule has 0 aliphatic rings. The molecule has 1 N–H and O–H groups in total. The summed E-state index contributed by atoms with van der Waals surface area (Å²) in [7, 11) is 3.97. The van der Waals surface area contributed by atoms with Crippen molar-refractivity contribution in [1.82, 2.24) is 19.5 Å². The predicted molar refractivity (Wildman–Crippen MR) is 106 cm³/mol. The van der Waals surface area contributed by atoms with E-state index in [0.717, 1.165) is 12.2 Å². The van der Waals surface area contributed by atoms with Crippen molar-refractivity contribution in [3.05, 3.63) is 51.8 Å². The van der Waals surface area contributed by atoms with E-state index in [1.807, 2.05) is 31.1 Å². The monoisotopic (exact) mass is 404 g/mol. The third kappa shape index (κ3) is 4.67. The number of hydrogen-bond acceptors (Lipinski definition) is 6. The number of nitrogens with one attached hydrogen (secondary N) is 1. The molecule has 0 aliphatic carbocycles. The molecule has 2 heterocycles. The van der Waals surface area contributed by atoms with Crippen LogP contribution in [0, 0.1) is 11.3 Å². The highest BCUT2D eigenvalue weighted by molar-refractivity contribution is 6.42. The molecule has 1 aromatic carbocycles. The highest BCUT2D eigenvalue weighted by atomic mass is 35.5. The molecular formula is C18H18Cl2N6O. The molecular weight excluding hydrogens is 387 g/mol. The number of hydrogen-bond donors (Lipinski definition) is 1. The number of nitrogens with zero attached hydrogens (tertiary/aromatic N) is 5.